The third-order valence-corrected chi connectivity index (χ3v) is 6.46. The average molecular weight is 404 g/mol. The molecule has 1 aliphatic heterocycles. The zero-order valence-corrected chi connectivity index (χ0v) is 16.8. The summed E-state index contributed by atoms with van der Waals surface area (Å²) in [6, 6.07) is 12.6. The summed E-state index contributed by atoms with van der Waals surface area (Å²) in [5, 5.41) is 2.80. The van der Waals surface area contributed by atoms with Crippen molar-refractivity contribution in [3.8, 4) is 11.5 Å². The summed E-state index contributed by atoms with van der Waals surface area (Å²) in [7, 11) is -1.66. The molecule has 8 heteroatoms. The van der Waals surface area contributed by atoms with Gasteiger partial charge in [0.05, 0.1) is 12.9 Å². The number of nitrogens with zero attached hydrogens (tertiary/aromatic N) is 1. The van der Waals surface area contributed by atoms with Crippen LogP contribution in [0.4, 0.5) is 5.69 Å². The minimum Gasteiger partial charge on any atom is -0.497 e. The van der Waals surface area contributed by atoms with Gasteiger partial charge in [-0.1, -0.05) is 12.1 Å². The van der Waals surface area contributed by atoms with Gasteiger partial charge in [-0.15, -0.1) is 0 Å². The van der Waals surface area contributed by atoms with Crippen LogP contribution in [0.15, 0.2) is 42.5 Å². The number of sulfonamides is 1. The van der Waals surface area contributed by atoms with Crippen LogP contribution in [0.3, 0.4) is 0 Å². The van der Waals surface area contributed by atoms with E-state index < -0.39 is 10.0 Å². The Morgan fingerprint density at radius 2 is 1.93 bits per heavy atom. The Balaban J connectivity index is 1.62. The molecule has 0 atom stereocenters. The van der Waals surface area contributed by atoms with Crippen LogP contribution in [0.25, 0.3) is 0 Å². The van der Waals surface area contributed by atoms with Gasteiger partial charge in [0, 0.05) is 24.8 Å². The predicted molar refractivity (Wildman–Crippen MR) is 107 cm³/mol. The third kappa shape index (κ3) is 4.82. The molecule has 2 aromatic carbocycles. The van der Waals surface area contributed by atoms with E-state index in [2.05, 4.69) is 5.32 Å². The number of carbonyl (C=O) groups is 1. The quantitative estimate of drug-likeness (QED) is 0.766. The normalized spacial score (nSPS) is 14.2. The molecule has 0 aliphatic carbocycles. The summed E-state index contributed by atoms with van der Waals surface area (Å²) in [4.78, 5) is 12.2. The Morgan fingerprint density at radius 3 is 2.68 bits per heavy atom. The number of nitrogens with one attached hydrogen (secondary N) is 1. The third-order valence-electron chi connectivity index (χ3n) is 4.64. The van der Waals surface area contributed by atoms with Crippen molar-refractivity contribution in [2.75, 3.05) is 31.3 Å². The highest BCUT2D eigenvalue weighted by Crippen LogP contribution is 2.25. The zero-order valence-electron chi connectivity index (χ0n) is 16.0. The number of methoxy groups -OCH3 is 1. The average Bonchev–Trinajstić information content (AvgIpc) is 2.72. The lowest BCUT2D eigenvalue weighted by molar-refractivity contribution is -0.118. The Morgan fingerprint density at radius 1 is 1.14 bits per heavy atom. The van der Waals surface area contributed by atoms with E-state index >= 15 is 0 Å². The van der Waals surface area contributed by atoms with Gasteiger partial charge in [-0.2, -0.15) is 4.31 Å². The van der Waals surface area contributed by atoms with Gasteiger partial charge in [-0.3, -0.25) is 4.79 Å². The molecule has 1 aliphatic rings. The molecule has 2 aromatic rings. The maximum absolute atomic E-state index is 12.2. The van der Waals surface area contributed by atoms with Crippen LogP contribution < -0.4 is 14.8 Å². The van der Waals surface area contributed by atoms with Gasteiger partial charge in [-0.05, 0) is 48.7 Å². The van der Waals surface area contributed by atoms with Crippen LogP contribution in [-0.2, 0) is 27.8 Å². The van der Waals surface area contributed by atoms with E-state index in [0.717, 1.165) is 11.1 Å². The number of ether oxygens (including phenoxy) is 2. The first-order valence-corrected chi connectivity index (χ1v) is 10.7. The van der Waals surface area contributed by atoms with Crippen molar-refractivity contribution >= 4 is 21.6 Å². The molecule has 150 valence electrons. The first-order chi connectivity index (χ1) is 13.4. The van der Waals surface area contributed by atoms with Crippen LogP contribution in [0.2, 0.25) is 0 Å². The van der Waals surface area contributed by atoms with Gasteiger partial charge in [0.15, 0.2) is 6.61 Å². The van der Waals surface area contributed by atoms with Crippen molar-refractivity contribution in [3.05, 3.63) is 53.6 Å². The van der Waals surface area contributed by atoms with Gasteiger partial charge in [0.1, 0.15) is 11.5 Å². The predicted octanol–water partition coefficient (Wildman–Crippen LogP) is 2.42. The topological polar surface area (TPSA) is 84.9 Å². The first kappa shape index (κ1) is 20.2. The van der Waals surface area contributed by atoms with Crippen LogP contribution in [0, 0.1) is 0 Å². The number of anilines is 1. The van der Waals surface area contributed by atoms with Crippen molar-refractivity contribution in [2.24, 2.45) is 0 Å². The lowest BCUT2D eigenvalue weighted by Crippen LogP contribution is -2.36. The fraction of sp³-hybridized carbons (Fsp3) is 0.350. The molecule has 1 heterocycles. The molecular weight excluding hydrogens is 380 g/mol. The highest BCUT2D eigenvalue weighted by atomic mass is 32.2. The number of benzene rings is 2. The summed E-state index contributed by atoms with van der Waals surface area (Å²) in [6.45, 7) is 2.32. The largest absolute Gasteiger partial charge is 0.497 e. The molecular formula is C20H24N2O5S. The second-order valence-corrected chi connectivity index (χ2v) is 8.74. The first-order valence-electron chi connectivity index (χ1n) is 9.07. The van der Waals surface area contributed by atoms with Gasteiger partial charge < -0.3 is 14.8 Å². The molecule has 1 N–H and O–H groups in total. The van der Waals surface area contributed by atoms with Crippen molar-refractivity contribution in [1.29, 1.82) is 0 Å². The van der Waals surface area contributed by atoms with Gasteiger partial charge in [0.2, 0.25) is 10.0 Å². The number of fused-ring (bicyclic) bond motifs is 1. The van der Waals surface area contributed by atoms with Crippen LogP contribution in [0.1, 0.15) is 18.1 Å². The lowest BCUT2D eigenvalue weighted by atomic mass is 10.0. The number of hydrogen-bond acceptors (Lipinski definition) is 5. The second-order valence-electron chi connectivity index (χ2n) is 6.48. The molecule has 0 bridgehead atoms. The van der Waals surface area contributed by atoms with E-state index in [9.17, 15) is 13.2 Å². The van der Waals surface area contributed by atoms with E-state index in [-0.39, 0.29) is 18.3 Å². The molecule has 28 heavy (non-hydrogen) atoms. The molecule has 7 nitrogen and oxygen atoms in total. The molecule has 0 unspecified atom stereocenters. The van der Waals surface area contributed by atoms with Crippen molar-refractivity contribution in [1.82, 2.24) is 4.31 Å². The minimum atomic E-state index is -3.23. The van der Waals surface area contributed by atoms with Crippen molar-refractivity contribution < 1.29 is 22.7 Å². The minimum absolute atomic E-state index is 0.0837. The molecule has 0 saturated carbocycles. The SMILES string of the molecule is CCS(=O)(=O)N1CCc2ccc(NC(=O)COc3cccc(OC)c3)cc2C1. The summed E-state index contributed by atoms with van der Waals surface area (Å²) >= 11 is 0. The number of amides is 1. The summed E-state index contributed by atoms with van der Waals surface area (Å²) < 4.78 is 36.4. The highest BCUT2D eigenvalue weighted by molar-refractivity contribution is 7.89. The maximum atomic E-state index is 12.2. The van der Waals surface area contributed by atoms with Crippen LogP contribution in [-0.4, -0.2) is 44.6 Å². The number of hydrogen-bond donors (Lipinski definition) is 1. The van der Waals surface area contributed by atoms with E-state index in [1.165, 1.54) is 4.31 Å². The lowest BCUT2D eigenvalue weighted by Gasteiger charge is -2.28. The van der Waals surface area contributed by atoms with E-state index in [1.54, 1.807) is 38.3 Å². The smallest absolute Gasteiger partial charge is 0.262 e. The molecule has 3 rings (SSSR count). The Hall–Kier alpha value is -2.58. The molecule has 0 radical (unpaired) electrons. The Kier molecular flexibility index (Phi) is 6.21. The summed E-state index contributed by atoms with van der Waals surface area (Å²) in [5.74, 6) is 0.983. The standard InChI is InChI=1S/C20H24N2O5S/c1-3-28(24,25)22-10-9-15-7-8-17(11-16(15)13-22)21-20(23)14-27-19-6-4-5-18(12-19)26-2/h4-8,11-12H,3,9-10,13-14H2,1-2H3,(H,21,23). The van der Waals surface area contributed by atoms with Gasteiger partial charge >= 0.3 is 0 Å². The van der Waals surface area contributed by atoms with E-state index in [1.807, 2.05) is 18.2 Å². The maximum Gasteiger partial charge on any atom is 0.262 e. The molecule has 0 fully saturated rings. The van der Waals surface area contributed by atoms with Crippen LogP contribution in [0.5, 0.6) is 11.5 Å². The van der Waals surface area contributed by atoms with E-state index in [0.29, 0.717) is 36.7 Å². The fourth-order valence-electron chi connectivity index (χ4n) is 3.07. The van der Waals surface area contributed by atoms with E-state index in [4.69, 9.17) is 9.47 Å². The fourth-order valence-corrected chi connectivity index (χ4v) is 4.14. The Bertz CT molecular complexity index is 959. The zero-order chi connectivity index (χ0) is 20.1. The number of rotatable bonds is 7. The molecule has 0 aromatic heterocycles. The molecule has 0 spiro atoms. The van der Waals surface area contributed by atoms with Crippen LogP contribution >= 0.6 is 0 Å². The monoisotopic (exact) mass is 404 g/mol. The van der Waals surface area contributed by atoms with Gasteiger partial charge in [-0.25, -0.2) is 8.42 Å². The molecule has 0 saturated heterocycles. The molecule has 1 amide bonds. The van der Waals surface area contributed by atoms with Gasteiger partial charge in [0.25, 0.3) is 5.91 Å². The number of carbonyl (C=O) groups excluding carboxylic acids is 1. The van der Waals surface area contributed by atoms with Crippen molar-refractivity contribution in [3.63, 3.8) is 0 Å². The highest BCUT2D eigenvalue weighted by Gasteiger charge is 2.25. The summed E-state index contributed by atoms with van der Waals surface area (Å²) in [5.41, 5.74) is 2.64. The van der Waals surface area contributed by atoms with Crippen molar-refractivity contribution in [2.45, 2.75) is 19.9 Å². The second kappa shape index (κ2) is 8.62. The Labute approximate surface area is 165 Å². The summed E-state index contributed by atoms with van der Waals surface area (Å²) in [6.07, 6.45) is 0.668.